The summed E-state index contributed by atoms with van der Waals surface area (Å²) in [5.74, 6) is 1.88. The molecule has 1 fully saturated rings. The van der Waals surface area contributed by atoms with Crippen LogP contribution in [-0.2, 0) is 11.2 Å². The molecule has 0 bridgehead atoms. The Balaban J connectivity index is 1.44. The minimum Gasteiger partial charge on any atom is -0.420 e. The second kappa shape index (κ2) is 7.65. The second-order valence-electron chi connectivity index (χ2n) is 6.81. The molecule has 0 spiro atoms. The van der Waals surface area contributed by atoms with Crippen molar-refractivity contribution in [3.63, 3.8) is 0 Å². The number of hydrogen-bond donors (Lipinski definition) is 0. The van der Waals surface area contributed by atoms with Crippen molar-refractivity contribution >= 4 is 5.91 Å². The Bertz CT molecular complexity index is 908. The Morgan fingerprint density at radius 2 is 1.96 bits per heavy atom. The summed E-state index contributed by atoms with van der Waals surface area (Å²) in [6.45, 7) is 3.21. The fourth-order valence-electron chi connectivity index (χ4n) is 3.31. The Kier molecular flexibility index (Phi) is 4.91. The molecule has 0 radical (unpaired) electrons. The van der Waals surface area contributed by atoms with Gasteiger partial charge in [-0.1, -0.05) is 30.3 Å². The highest BCUT2D eigenvalue weighted by Gasteiger charge is 2.28. The largest absolute Gasteiger partial charge is 0.420 e. The number of likely N-dealkylation sites (tertiary alicyclic amines) is 1. The van der Waals surface area contributed by atoms with E-state index in [4.69, 9.17) is 4.42 Å². The molecule has 2 aromatic heterocycles. The number of benzene rings is 1. The molecular formula is C20H21N5O2. The van der Waals surface area contributed by atoms with E-state index in [2.05, 4.69) is 20.2 Å². The summed E-state index contributed by atoms with van der Waals surface area (Å²) in [4.78, 5) is 22.9. The van der Waals surface area contributed by atoms with Gasteiger partial charge in [0.25, 0.3) is 5.89 Å². The molecule has 1 atom stereocenters. The van der Waals surface area contributed by atoms with Crippen LogP contribution in [0.1, 0.15) is 36.0 Å². The average Bonchev–Trinajstić information content (AvgIpc) is 3.20. The maximum absolute atomic E-state index is 12.6. The SMILES string of the molecule is Cc1ncc(-c2nnc(C3CCCN(C(=O)Cc4ccccc4)C3)o2)cn1. The Morgan fingerprint density at radius 3 is 2.74 bits per heavy atom. The molecule has 1 unspecified atom stereocenters. The van der Waals surface area contributed by atoms with Crippen LogP contribution in [0.5, 0.6) is 0 Å². The summed E-state index contributed by atoms with van der Waals surface area (Å²) in [6, 6.07) is 9.82. The van der Waals surface area contributed by atoms with Crippen molar-refractivity contribution in [2.24, 2.45) is 0 Å². The third-order valence-corrected chi connectivity index (χ3v) is 4.79. The van der Waals surface area contributed by atoms with Gasteiger partial charge in [-0.15, -0.1) is 10.2 Å². The first-order valence-corrected chi connectivity index (χ1v) is 9.13. The van der Waals surface area contributed by atoms with E-state index in [1.54, 1.807) is 12.4 Å². The Hall–Kier alpha value is -3.09. The van der Waals surface area contributed by atoms with Gasteiger partial charge < -0.3 is 9.32 Å². The second-order valence-corrected chi connectivity index (χ2v) is 6.81. The van der Waals surface area contributed by atoms with Crippen LogP contribution < -0.4 is 0 Å². The minimum absolute atomic E-state index is 0.0612. The van der Waals surface area contributed by atoms with E-state index in [0.717, 1.165) is 24.9 Å². The van der Waals surface area contributed by atoms with Gasteiger partial charge in [0.15, 0.2) is 0 Å². The van der Waals surface area contributed by atoms with Crippen LogP contribution in [0.2, 0.25) is 0 Å². The van der Waals surface area contributed by atoms with Crippen LogP contribution in [0.3, 0.4) is 0 Å². The number of piperidine rings is 1. The molecule has 1 aliphatic heterocycles. The van der Waals surface area contributed by atoms with E-state index >= 15 is 0 Å². The van der Waals surface area contributed by atoms with E-state index < -0.39 is 0 Å². The standard InChI is InChI=1S/C20H21N5O2/c1-14-21-11-17(12-22-14)20-24-23-19(27-20)16-8-5-9-25(13-16)18(26)10-15-6-3-2-4-7-15/h2-4,6-7,11-12,16H,5,8-10,13H2,1H3. The summed E-state index contributed by atoms with van der Waals surface area (Å²) >= 11 is 0. The quantitative estimate of drug-likeness (QED) is 0.709. The lowest BCUT2D eigenvalue weighted by Gasteiger charge is -2.31. The molecular weight excluding hydrogens is 342 g/mol. The first-order chi connectivity index (χ1) is 13.2. The summed E-state index contributed by atoms with van der Waals surface area (Å²) in [5, 5.41) is 8.34. The van der Waals surface area contributed by atoms with Crippen LogP contribution in [0.15, 0.2) is 47.1 Å². The molecule has 0 aliphatic carbocycles. The smallest absolute Gasteiger partial charge is 0.250 e. The highest BCUT2D eigenvalue weighted by atomic mass is 16.4. The topological polar surface area (TPSA) is 85.0 Å². The van der Waals surface area contributed by atoms with Crippen molar-refractivity contribution in [3.05, 3.63) is 60.0 Å². The fourth-order valence-corrected chi connectivity index (χ4v) is 3.31. The molecule has 138 valence electrons. The molecule has 0 saturated carbocycles. The van der Waals surface area contributed by atoms with Gasteiger partial charge in [-0.05, 0) is 25.3 Å². The zero-order chi connectivity index (χ0) is 18.6. The lowest BCUT2D eigenvalue weighted by Crippen LogP contribution is -2.40. The summed E-state index contributed by atoms with van der Waals surface area (Å²) in [6.07, 6.45) is 5.63. The minimum atomic E-state index is 0.0612. The molecule has 1 aromatic carbocycles. The normalized spacial score (nSPS) is 17.1. The maximum Gasteiger partial charge on any atom is 0.250 e. The highest BCUT2D eigenvalue weighted by molar-refractivity contribution is 5.78. The Morgan fingerprint density at radius 1 is 1.19 bits per heavy atom. The van der Waals surface area contributed by atoms with Crippen LogP contribution in [0.25, 0.3) is 11.5 Å². The lowest BCUT2D eigenvalue weighted by atomic mass is 9.97. The number of aromatic nitrogens is 4. The van der Waals surface area contributed by atoms with Gasteiger partial charge in [-0.2, -0.15) is 0 Å². The number of amides is 1. The predicted molar refractivity (Wildman–Crippen MR) is 98.8 cm³/mol. The first kappa shape index (κ1) is 17.3. The van der Waals surface area contributed by atoms with Crippen molar-refractivity contribution < 1.29 is 9.21 Å². The molecule has 3 heterocycles. The Labute approximate surface area is 157 Å². The number of carbonyl (C=O) groups is 1. The van der Waals surface area contributed by atoms with Gasteiger partial charge in [0.1, 0.15) is 5.82 Å². The molecule has 3 aromatic rings. The number of hydrogen-bond acceptors (Lipinski definition) is 6. The zero-order valence-electron chi connectivity index (χ0n) is 15.2. The number of rotatable bonds is 4. The molecule has 1 saturated heterocycles. The van der Waals surface area contributed by atoms with Gasteiger partial charge in [0.05, 0.1) is 17.9 Å². The fraction of sp³-hybridized carbons (Fsp3) is 0.350. The van der Waals surface area contributed by atoms with Crippen molar-refractivity contribution in [1.29, 1.82) is 0 Å². The van der Waals surface area contributed by atoms with Gasteiger partial charge in [-0.3, -0.25) is 4.79 Å². The van der Waals surface area contributed by atoms with Crippen LogP contribution >= 0.6 is 0 Å². The van der Waals surface area contributed by atoms with E-state index in [1.165, 1.54) is 0 Å². The van der Waals surface area contributed by atoms with Gasteiger partial charge >= 0.3 is 0 Å². The van der Waals surface area contributed by atoms with Gasteiger partial charge in [0.2, 0.25) is 11.8 Å². The molecule has 0 N–H and O–H groups in total. The predicted octanol–water partition coefficient (Wildman–Crippen LogP) is 2.78. The van der Waals surface area contributed by atoms with E-state index in [0.29, 0.717) is 36.1 Å². The highest BCUT2D eigenvalue weighted by Crippen LogP contribution is 2.28. The maximum atomic E-state index is 12.6. The third kappa shape index (κ3) is 4.02. The first-order valence-electron chi connectivity index (χ1n) is 9.13. The molecule has 1 aliphatic rings. The van der Waals surface area contributed by atoms with E-state index in [9.17, 15) is 4.79 Å². The summed E-state index contributed by atoms with van der Waals surface area (Å²) in [7, 11) is 0. The number of aryl methyl sites for hydroxylation is 1. The molecule has 1 amide bonds. The lowest BCUT2D eigenvalue weighted by molar-refractivity contribution is -0.131. The molecule has 27 heavy (non-hydrogen) atoms. The molecule has 7 nitrogen and oxygen atoms in total. The third-order valence-electron chi connectivity index (χ3n) is 4.79. The average molecular weight is 363 g/mol. The van der Waals surface area contributed by atoms with Crippen molar-refractivity contribution in [2.75, 3.05) is 13.1 Å². The summed E-state index contributed by atoms with van der Waals surface area (Å²) in [5.41, 5.74) is 1.73. The zero-order valence-corrected chi connectivity index (χ0v) is 15.2. The van der Waals surface area contributed by atoms with E-state index in [1.807, 2.05) is 42.2 Å². The van der Waals surface area contributed by atoms with Gasteiger partial charge in [0, 0.05) is 25.5 Å². The number of nitrogens with zero attached hydrogens (tertiary/aromatic N) is 5. The number of carbonyl (C=O) groups excluding carboxylic acids is 1. The van der Waals surface area contributed by atoms with Crippen LogP contribution in [0, 0.1) is 6.92 Å². The van der Waals surface area contributed by atoms with Crippen molar-refractivity contribution in [2.45, 2.75) is 32.1 Å². The molecule has 4 rings (SSSR count). The monoisotopic (exact) mass is 363 g/mol. The van der Waals surface area contributed by atoms with Gasteiger partial charge in [-0.25, -0.2) is 9.97 Å². The van der Waals surface area contributed by atoms with Crippen molar-refractivity contribution in [3.8, 4) is 11.5 Å². The van der Waals surface area contributed by atoms with E-state index in [-0.39, 0.29) is 11.8 Å². The van der Waals surface area contributed by atoms with Crippen LogP contribution in [0.4, 0.5) is 0 Å². The molecule has 7 heteroatoms. The summed E-state index contributed by atoms with van der Waals surface area (Å²) < 4.78 is 5.86. The van der Waals surface area contributed by atoms with Crippen LogP contribution in [-0.4, -0.2) is 44.1 Å². The van der Waals surface area contributed by atoms with Crippen molar-refractivity contribution in [1.82, 2.24) is 25.1 Å².